The van der Waals surface area contributed by atoms with Gasteiger partial charge in [-0.25, -0.2) is 0 Å². The minimum Gasteiger partial charge on any atom is -0.316 e. The van der Waals surface area contributed by atoms with Crippen LogP contribution in [-0.4, -0.2) is 37.1 Å². The first-order chi connectivity index (χ1) is 8.67. The van der Waals surface area contributed by atoms with Gasteiger partial charge < -0.3 is 5.32 Å². The smallest absolute Gasteiger partial charge is 0.0171 e. The second-order valence-electron chi connectivity index (χ2n) is 7.56. The van der Waals surface area contributed by atoms with Crippen LogP contribution >= 0.6 is 0 Å². The first kappa shape index (κ1) is 12.9. The van der Waals surface area contributed by atoms with Gasteiger partial charge in [0.2, 0.25) is 0 Å². The molecule has 104 valence electrons. The summed E-state index contributed by atoms with van der Waals surface area (Å²) in [6.45, 7) is 10.1. The summed E-state index contributed by atoms with van der Waals surface area (Å²) < 4.78 is 0. The van der Waals surface area contributed by atoms with Crippen molar-refractivity contribution in [3.8, 4) is 0 Å². The zero-order valence-corrected chi connectivity index (χ0v) is 12.3. The number of likely N-dealkylation sites (tertiary alicyclic amines) is 1. The number of nitrogens with zero attached hydrogens (tertiary/aromatic N) is 1. The van der Waals surface area contributed by atoms with Crippen molar-refractivity contribution in [3.05, 3.63) is 0 Å². The highest BCUT2D eigenvalue weighted by molar-refractivity contribution is 4.95. The predicted octanol–water partition coefficient (Wildman–Crippen LogP) is 2.89. The van der Waals surface area contributed by atoms with Crippen LogP contribution in [-0.2, 0) is 0 Å². The topological polar surface area (TPSA) is 15.3 Å². The Bertz CT molecular complexity index is 287. The molecule has 2 heterocycles. The van der Waals surface area contributed by atoms with E-state index in [1.54, 1.807) is 0 Å². The van der Waals surface area contributed by atoms with E-state index in [0.717, 1.165) is 17.9 Å². The molecule has 3 rings (SSSR count). The molecule has 0 aromatic rings. The molecular weight excluding hydrogens is 220 g/mol. The van der Waals surface area contributed by atoms with Crippen molar-refractivity contribution in [2.45, 2.75) is 58.4 Å². The average Bonchev–Trinajstić information content (AvgIpc) is 2.38. The maximum Gasteiger partial charge on any atom is 0.0171 e. The van der Waals surface area contributed by atoms with Gasteiger partial charge in [0.25, 0.3) is 0 Å². The SMILES string of the molecule is CC1(C)CNCCC1N1CCC2CCCCC2C1. The Labute approximate surface area is 113 Å². The molecule has 2 saturated heterocycles. The molecule has 3 fully saturated rings. The van der Waals surface area contributed by atoms with Crippen LogP contribution < -0.4 is 5.32 Å². The van der Waals surface area contributed by atoms with Crippen LogP contribution in [0.3, 0.4) is 0 Å². The lowest BCUT2D eigenvalue weighted by Crippen LogP contribution is -2.57. The molecule has 0 aromatic heterocycles. The van der Waals surface area contributed by atoms with Crippen molar-refractivity contribution in [2.24, 2.45) is 17.3 Å². The normalized spacial score (nSPS) is 41.3. The molecule has 1 aliphatic carbocycles. The highest BCUT2D eigenvalue weighted by atomic mass is 15.2. The molecule has 0 amide bonds. The van der Waals surface area contributed by atoms with Crippen LogP contribution in [0.25, 0.3) is 0 Å². The molecule has 1 N–H and O–H groups in total. The molecule has 1 saturated carbocycles. The first-order valence-corrected chi connectivity index (χ1v) is 8.11. The van der Waals surface area contributed by atoms with E-state index in [1.807, 2.05) is 0 Å². The van der Waals surface area contributed by atoms with Gasteiger partial charge in [-0.15, -0.1) is 0 Å². The van der Waals surface area contributed by atoms with E-state index in [1.165, 1.54) is 64.7 Å². The molecule has 0 bridgehead atoms. The van der Waals surface area contributed by atoms with Gasteiger partial charge in [-0.3, -0.25) is 4.90 Å². The summed E-state index contributed by atoms with van der Waals surface area (Å²) in [6, 6.07) is 0.821. The molecule has 2 nitrogen and oxygen atoms in total. The van der Waals surface area contributed by atoms with Crippen molar-refractivity contribution in [1.82, 2.24) is 10.2 Å². The van der Waals surface area contributed by atoms with Crippen LogP contribution in [0.4, 0.5) is 0 Å². The Kier molecular flexibility index (Phi) is 3.68. The van der Waals surface area contributed by atoms with E-state index in [9.17, 15) is 0 Å². The van der Waals surface area contributed by atoms with Crippen LogP contribution in [0.1, 0.15) is 52.4 Å². The molecular formula is C16H30N2. The number of hydrogen-bond donors (Lipinski definition) is 1. The van der Waals surface area contributed by atoms with Crippen LogP contribution in [0, 0.1) is 17.3 Å². The highest BCUT2D eigenvalue weighted by Crippen LogP contribution is 2.39. The quantitative estimate of drug-likeness (QED) is 0.770. The molecule has 0 radical (unpaired) electrons. The van der Waals surface area contributed by atoms with E-state index in [-0.39, 0.29) is 0 Å². The third kappa shape index (κ3) is 2.46. The van der Waals surface area contributed by atoms with Crippen molar-refractivity contribution >= 4 is 0 Å². The molecule has 2 heteroatoms. The van der Waals surface area contributed by atoms with Gasteiger partial charge >= 0.3 is 0 Å². The summed E-state index contributed by atoms with van der Waals surface area (Å²) in [5, 5.41) is 3.57. The highest BCUT2D eigenvalue weighted by Gasteiger charge is 2.40. The van der Waals surface area contributed by atoms with E-state index in [4.69, 9.17) is 0 Å². The summed E-state index contributed by atoms with van der Waals surface area (Å²) in [7, 11) is 0. The van der Waals surface area contributed by atoms with Crippen molar-refractivity contribution in [2.75, 3.05) is 26.2 Å². The van der Waals surface area contributed by atoms with Gasteiger partial charge in [-0.05, 0) is 49.6 Å². The maximum absolute atomic E-state index is 3.57. The van der Waals surface area contributed by atoms with Gasteiger partial charge in [0.05, 0.1) is 0 Å². The largest absolute Gasteiger partial charge is 0.316 e. The van der Waals surface area contributed by atoms with Crippen molar-refractivity contribution in [1.29, 1.82) is 0 Å². The molecule has 2 aliphatic heterocycles. The van der Waals surface area contributed by atoms with Gasteiger partial charge in [0, 0.05) is 19.1 Å². The molecule has 3 aliphatic rings. The van der Waals surface area contributed by atoms with Crippen LogP contribution in [0.15, 0.2) is 0 Å². The van der Waals surface area contributed by atoms with E-state index >= 15 is 0 Å². The Morgan fingerprint density at radius 2 is 1.78 bits per heavy atom. The third-order valence-corrected chi connectivity index (χ3v) is 5.84. The third-order valence-electron chi connectivity index (χ3n) is 5.84. The zero-order chi connectivity index (χ0) is 12.6. The molecule has 3 unspecified atom stereocenters. The Hall–Kier alpha value is -0.0800. The van der Waals surface area contributed by atoms with Crippen molar-refractivity contribution < 1.29 is 0 Å². The Morgan fingerprint density at radius 3 is 2.56 bits per heavy atom. The first-order valence-electron chi connectivity index (χ1n) is 8.11. The fourth-order valence-electron chi connectivity index (χ4n) is 4.75. The fraction of sp³-hybridized carbons (Fsp3) is 1.00. The number of hydrogen-bond acceptors (Lipinski definition) is 2. The lowest BCUT2D eigenvalue weighted by Gasteiger charge is -2.50. The number of rotatable bonds is 1. The van der Waals surface area contributed by atoms with E-state index in [0.29, 0.717) is 5.41 Å². The zero-order valence-electron chi connectivity index (χ0n) is 12.3. The molecule has 0 spiro atoms. The van der Waals surface area contributed by atoms with Gasteiger partial charge in [0.15, 0.2) is 0 Å². The Morgan fingerprint density at radius 1 is 1.00 bits per heavy atom. The molecule has 0 aromatic carbocycles. The number of fused-ring (bicyclic) bond motifs is 1. The maximum atomic E-state index is 3.57. The lowest BCUT2D eigenvalue weighted by atomic mass is 9.72. The lowest BCUT2D eigenvalue weighted by molar-refractivity contribution is -0.00174. The van der Waals surface area contributed by atoms with Crippen LogP contribution in [0.2, 0.25) is 0 Å². The minimum atomic E-state index is 0.458. The molecule has 18 heavy (non-hydrogen) atoms. The van der Waals surface area contributed by atoms with Gasteiger partial charge in [-0.1, -0.05) is 33.1 Å². The summed E-state index contributed by atoms with van der Waals surface area (Å²) >= 11 is 0. The number of piperidine rings is 2. The van der Waals surface area contributed by atoms with E-state index < -0.39 is 0 Å². The van der Waals surface area contributed by atoms with Crippen molar-refractivity contribution in [3.63, 3.8) is 0 Å². The minimum absolute atomic E-state index is 0.458. The summed E-state index contributed by atoms with van der Waals surface area (Å²) in [5.41, 5.74) is 0.458. The van der Waals surface area contributed by atoms with Gasteiger partial charge in [0.1, 0.15) is 0 Å². The standard InChI is InChI=1S/C16H30N2/c1-16(2)12-17-9-7-15(16)18-10-8-13-5-3-4-6-14(13)11-18/h13-15,17H,3-12H2,1-2H3. The predicted molar refractivity (Wildman–Crippen MR) is 76.7 cm³/mol. The number of nitrogens with one attached hydrogen (secondary N) is 1. The van der Waals surface area contributed by atoms with Gasteiger partial charge in [-0.2, -0.15) is 0 Å². The van der Waals surface area contributed by atoms with E-state index in [2.05, 4.69) is 24.1 Å². The second kappa shape index (κ2) is 5.13. The fourth-order valence-corrected chi connectivity index (χ4v) is 4.75. The molecule has 3 atom stereocenters. The Balaban J connectivity index is 1.66. The second-order valence-corrected chi connectivity index (χ2v) is 7.56. The average molecular weight is 250 g/mol. The summed E-state index contributed by atoms with van der Waals surface area (Å²) in [5.74, 6) is 2.10. The monoisotopic (exact) mass is 250 g/mol. The van der Waals surface area contributed by atoms with Crippen LogP contribution in [0.5, 0.6) is 0 Å². The summed E-state index contributed by atoms with van der Waals surface area (Å²) in [4.78, 5) is 2.85. The summed E-state index contributed by atoms with van der Waals surface area (Å²) in [6.07, 6.45) is 8.85.